The fourth-order valence-electron chi connectivity index (χ4n) is 3.48. The Morgan fingerprint density at radius 1 is 0.700 bits per heavy atom. The van der Waals surface area contributed by atoms with E-state index in [1.165, 1.54) is 5.56 Å². The number of hydrogen-bond donors (Lipinski definition) is 0. The maximum Gasteiger partial charge on any atom is 0.258 e. The van der Waals surface area contributed by atoms with Crippen molar-refractivity contribution in [2.45, 2.75) is 77.9 Å². The van der Waals surface area contributed by atoms with E-state index in [-0.39, 0.29) is 0 Å². The Morgan fingerprint density at radius 2 is 1.10 bits per heavy atom. The van der Waals surface area contributed by atoms with E-state index < -0.39 is 8.32 Å². The van der Waals surface area contributed by atoms with E-state index >= 15 is 0 Å². The minimum atomic E-state index is -1.81. The van der Waals surface area contributed by atoms with Crippen molar-refractivity contribution in [1.82, 2.24) is 0 Å². The molecule has 114 valence electrons. The molecule has 0 atom stereocenters. The second-order valence-electron chi connectivity index (χ2n) is 7.14. The Hall–Kier alpha value is -0.763. The Morgan fingerprint density at radius 3 is 1.40 bits per heavy atom. The van der Waals surface area contributed by atoms with Crippen molar-refractivity contribution in [2.24, 2.45) is 0 Å². The summed E-state index contributed by atoms with van der Waals surface area (Å²) < 4.78 is 6.66. The smallest absolute Gasteiger partial charge is 0.258 e. The Labute approximate surface area is 126 Å². The van der Waals surface area contributed by atoms with Crippen LogP contribution in [0.25, 0.3) is 0 Å². The van der Waals surface area contributed by atoms with Crippen LogP contribution in [0, 0.1) is 0 Å². The molecule has 0 N–H and O–H groups in total. The first kappa shape index (κ1) is 17.3. The van der Waals surface area contributed by atoms with Crippen LogP contribution in [0.3, 0.4) is 0 Å². The van der Waals surface area contributed by atoms with Gasteiger partial charge in [0.05, 0.1) is 0 Å². The first-order chi connectivity index (χ1) is 9.21. The van der Waals surface area contributed by atoms with Gasteiger partial charge in [0.1, 0.15) is 5.75 Å². The fraction of sp³-hybridized carbons (Fsp3) is 0.667. The molecule has 0 bridgehead atoms. The summed E-state index contributed by atoms with van der Waals surface area (Å²) in [5.41, 5.74) is 3.23. The highest BCUT2D eigenvalue weighted by atomic mass is 28.4. The van der Waals surface area contributed by atoms with Crippen LogP contribution in [-0.2, 0) is 0 Å². The van der Waals surface area contributed by atoms with Crippen LogP contribution < -0.4 is 4.43 Å². The zero-order valence-corrected chi connectivity index (χ0v) is 15.5. The largest absolute Gasteiger partial charge is 0.543 e. The van der Waals surface area contributed by atoms with Crippen molar-refractivity contribution in [2.75, 3.05) is 0 Å². The van der Waals surface area contributed by atoms with E-state index in [0.717, 1.165) is 5.75 Å². The van der Waals surface area contributed by atoms with Gasteiger partial charge < -0.3 is 4.43 Å². The minimum Gasteiger partial charge on any atom is -0.543 e. The first-order valence-corrected chi connectivity index (χ1v) is 10.1. The normalized spacial score (nSPS) is 12.8. The molecule has 0 saturated carbocycles. The highest BCUT2D eigenvalue weighted by molar-refractivity contribution is 6.78. The molecule has 0 saturated heterocycles. The average Bonchev–Trinajstić information content (AvgIpc) is 2.35. The Balaban J connectivity index is 3.07. The van der Waals surface area contributed by atoms with Crippen LogP contribution in [0.4, 0.5) is 0 Å². The van der Waals surface area contributed by atoms with Crippen LogP contribution in [-0.4, -0.2) is 8.32 Å². The summed E-state index contributed by atoms with van der Waals surface area (Å²) in [6.45, 7) is 18.4. The van der Waals surface area contributed by atoms with Crippen LogP contribution in [0.2, 0.25) is 16.6 Å². The van der Waals surface area contributed by atoms with Crippen molar-refractivity contribution in [1.29, 1.82) is 0 Å². The van der Waals surface area contributed by atoms with Gasteiger partial charge in [-0.05, 0) is 40.2 Å². The molecule has 0 aliphatic carbocycles. The van der Waals surface area contributed by atoms with Gasteiger partial charge in [-0.15, -0.1) is 0 Å². The van der Waals surface area contributed by atoms with Crippen molar-refractivity contribution >= 4 is 8.32 Å². The van der Waals surface area contributed by atoms with Gasteiger partial charge >= 0.3 is 0 Å². The molecule has 0 unspecified atom stereocenters. The van der Waals surface area contributed by atoms with Gasteiger partial charge in [0.2, 0.25) is 0 Å². The summed E-state index contributed by atoms with van der Waals surface area (Å²) in [6, 6.07) is 8.73. The molecule has 2 heteroatoms. The van der Waals surface area contributed by atoms with E-state index in [1.807, 2.05) is 0 Å². The van der Waals surface area contributed by atoms with Gasteiger partial charge in [-0.1, -0.05) is 67.5 Å². The average molecular weight is 293 g/mol. The Kier molecular flexibility index (Phi) is 5.87. The van der Waals surface area contributed by atoms with E-state index in [1.54, 1.807) is 0 Å². The molecular weight excluding hydrogens is 260 g/mol. The lowest BCUT2D eigenvalue weighted by molar-refractivity contribution is 0.479. The molecule has 0 amide bonds. The summed E-state index contributed by atoms with van der Waals surface area (Å²) in [4.78, 5) is 0. The summed E-state index contributed by atoms with van der Waals surface area (Å²) >= 11 is 0. The molecule has 0 aromatic heterocycles. The lowest BCUT2D eigenvalue weighted by atomic mass is 10.0. The van der Waals surface area contributed by atoms with E-state index in [4.69, 9.17) is 4.43 Å². The second-order valence-corrected chi connectivity index (χ2v) is 12.5. The molecule has 0 radical (unpaired) electrons. The van der Waals surface area contributed by atoms with Gasteiger partial charge in [0.25, 0.3) is 8.32 Å². The topological polar surface area (TPSA) is 9.23 Å². The highest BCUT2D eigenvalue weighted by Gasteiger charge is 2.46. The molecule has 0 aliphatic rings. The van der Waals surface area contributed by atoms with Gasteiger partial charge in [0.15, 0.2) is 0 Å². The van der Waals surface area contributed by atoms with Crippen LogP contribution in [0.5, 0.6) is 5.75 Å². The van der Waals surface area contributed by atoms with Crippen LogP contribution >= 0.6 is 0 Å². The second kappa shape index (κ2) is 6.80. The van der Waals surface area contributed by atoms with Crippen LogP contribution in [0.1, 0.15) is 66.9 Å². The third kappa shape index (κ3) is 3.46. The number of hydrogen-bond acceptors (Lipinski definition) is 1. The van der Waals surface area contributed by atoms with Crippen molar-refractivity contribution in [3.8, 4) is 5.75 Å². The predicted molar refractivity (Wildman–Crippen MR) is 92.2 cm³/mol. The lowest BCUT2D eigenvalue weighted by Gasteiger charge is -2.42. The molecular formula is C18H32OSi. The fourth-order valence-corrected chi connectivity index (χ4v) is 8.73. The maximum atomic E-state index is 6.66. The molecule has 0 heterocycles. The summed E-state index contributed by atoms with van der Waals surface area (Å²) in [6.07, 6.45) is 0. The number of rotatable bonds is 6. The summed E-state index contributed by atoms with van der Waals surface area (Å²) in [5.74, 6) is 1.63. The zero-order chi connectivity index (χ0) is 15.5. The molecule has 20 heavy (non-hydrogen) atoms. The van der Waals surface area contributed by atoms with Gasteiger partial charge in [0, 0.05) is 0 Å². The minimum absolute atomic E-state index is 0.575. The molecule has 0 aliphatic heterocycles. The molecule has 0 spiro atoms. The first-order valence-electron chi connectivity index (χ1n) is 8.00. The highest BCUT2D eigenvalue weighted by Crippen LogP contribution is 2.42. The summed E-state index contributed by atoms with van der Waals surface area (Å²) in [5, 5.41) is 0. The maximum absolute atomic E-state index is 6.66. The SMILES string of the molecule is CC(C)c1ccc(O[Si](C(C)C)(C(C)C)C(C)C)cc1. The lowest BCUT2D eigenvalue weighted by Crippen LogP contribution is -2.50. The quantitative estimate of drug-likeness (QED) is 0.554. The monoisotopic (exact) mass is 292 g/mol. The van der Waals surface area contributed by atoms with Crippen molar-refractivity contribution in [3.63, 3.8) is 0 Å². The van der Waals surface area contributed by atoms with Gasteiger partial charge in [-0.3, -0.25) is 0 Å². The number of benzene rings is 1. The third-order valence-corrected chi connectivity index (χ3v) is 10.6. The van der Waals surface area contributed by atoms with Crippen molar-refractivity contribution in [3.05, 3.63) is 29.8 Å². The van der Waals surface area contributed by atoms with E-state index in [0.29, 0.717) is 22.5 Å². The molecule has 1 rings (SSSR count). The van der Waals surface area contributed by atoms with E-state index in [2.05, 4.69) is 79.7 Å². The van der Waals surface area contributed by atoms with Gasteiger partial charge in [-0.25, -0.2) is 0 Å². The molecule has 1 aromatic carbocycles. The molecule has 0 fully saturated rings. The predicted octanol–water partition coefficient (Wildman–Crippen LogP) is 6.36. The zero-order valence-electron chi connectivity index (χ0n) is 14.5. The standard InChI is InChI=1S/C18H32OSi/c1-13(2)17-9-11-18(12-10-17)19-20(14(3)4,15(5)6)16(7)8/h9-16H,1-8H3. The van der Waals surface area contributed by atoms with Crippen LogP contribution in [0.15, 0.2) is 24.3 Å². The molecule has 1 aromatic rings. The third-order valence-electron chi connectivity index (χ3n) is 4.55. The van der Waals surface area contributed by atoms with Crippen molar-refractivity contribution < 1.29 is 4.43 Å². The Bertz CT molecular complexity index is 382. The summed E-state index contributed by atoms with van der Waals surface area (Å²) in [7, 11) is -1.81. The van der Waals surface area contributed by atoms with Gasteiger partial charge in [-0.2, -0.15) is 0 Å². The molecule has 1 nitrogen and oxygen atoms in total. The van der Waals surface area contributed by atoms with E-state index in [9.17, 15) is 0 Å².